The Morgan fingerprint density at radius 3 is 2.64 bits per heavy atom. The van der Waals surface area contributed by atoms with Gasteiger partial charge in [0.25, 0.3) is 5.91 Å². The zero-order chi connectivity index (χ0) is 16.9. The number of nitrogens with one attached hydrogen (secondary N) is 1. The van der Waals surface area contributed by atoms with Crippen LogP contribution >= 0.6 is 0 Å². The van der Waals surface area contributed by atoms with Crippen LogP contribution < -0.4 is 4.72 Å². The van der Waals surface area contributed by atoms with Gasteiger partial charge in [-0.2, -0.15) is 4.72 Å². The minimum absolute atomic E-state index is 0.0687. The zero-order valence-corrected chi connectivity index (χ0v) is 12.9. The molecule has 0 spiro atoms. The number of carbonyl (C=O) groups excluding carboxylic acids is 1. The zero-order valence-electron chi connectivity index (χ0n) is 12.1. The summed E-state index contributed by atoms with van der Waals surface area (Å²) in [6.45, 7) is 1.19. The van der Waals surface area contributed by atoms with Crippen LogP contribution in [0.4, 0.5) is 0 Å². The van der Waals surface area contributed by atoms with E-state index in [2.05, 4.69) is 10.6 Å². The molecule has 0 aliphatic carbocycles. The number of aliphatic carboxylic acids is 1. The molecule has 0 aromatic heterocycles. The average molecular weight is 324 g/mol. The van der Waals surface area contributed by atoms with Gasteiger partial charge < -0.3 is 10.0 Å². The van der Waals surface area contributed by atoms with Crippen molar-refractivity contribution in [3.05, 3.63) is 29.8 Å². The number of carbonyl (C=O) groups is 2. The Kier molecular flexibility index (Phi) is 5.68. The van der Waals surface area contributed by atoms with Gasteiger partial charge in [-0.3, -0.25) is 4.79 Å². The highest BCUT2D eigenvalue weighted by Crippen LogP contribution is 2.14. The second-order valence-electron chi connectivity index (χ2n) is 4.49. The summed E-state index contributed by atoms with van der Waals surface area (Å²) in [6, 6.07) is 4.26. The number of carboxylic acids is 1. The average Bonchev–Trinajstić information content (AvgIpc) is 2.50. The SMILES string of the molecule is C#CCNS(=O)(=O)c1cccc(C(=O)N(C)C(C)C(=O)O)c1. The molecule has 1 amide bonds. The standard InChI is InChI=1S/C14H16N2O5S/c1-4-8-15-22(20,21)12-7-5-6-11(9-12)13(17)16(3)10(2)14(18)19/h1,5-7,9-10,15H,8H2,2-3H3,(H,18,19). The molecule has 0 bridgehead atoms. The van der Waals surface area contributed by atoms with Crippen molar-refractivity contribution in [2.45, 2.75) is 17.9 Å². The first kappa shape index (κ1) is 17.7. The Morgan fingerprint density at radius 1 is 1.45 bits per heavy atom. The first-order valence-electron chi connectivity index (χ1n) is 6.24. The van der Waals surface area contributed by atoms with Crippen LogP contribution in [-0.2, 0) is 14.8 Å². The molecule has 1 aromatic carbocycles. The Hall–Kier alpha value is -2.37. The lowest BCUT2D eigenvalue weighted by atomic mass is 10.2. The number of terminal acetylenes is 1. The number of likely N-dealkylation sites (N-methyl/N-ethyl adjacent to an activating group) is 1. The molecule has 0 aliphatic heterocycles. The van der Waals surface area contributed by atoms with Crippen molar-refractivity contribution >= 4 is 21.9 Å². The first-order valence-corrected chi connectivity index (χ1v) is 7.72. The number of benzene rings is 1. The third kappa shape index (κ3) is 4.07. The van der Waals surface area contributed by atoms with Crippen LogP contribution in [0.15, 0.2) is 29.2 Å². The molecule has 0 saturated heterocycles. The van der Waals surface area contributed by atoms with E-state index in [0.717, 1.165) is 4.90 Å². The Labute approximate surface area is 129 Å². The van der Waals surface area contributed by atoms with Crippen molar-refractivity contribution in [2.24, 2.45) is 0 Å². The van der Waals surface area contributed by atoms with Crippen LogP contribution in [0.1, 0.15) is 17.3 Å². The van der Waals surface area contributed by atoms with Crippen LogP contribution in [-0.4, -0.2) is 49.9 Å². The molecule has 22 heavy (non-hydrogen) atoms. The maximum absolute atomic E-state index is 12.2. The van der Waals surface area contributed by atoms with Gasteiger partial charge in [0.1, 0.15) is 6.04 Å². The quantitative estimate of drug-likeness (QED) is 0.725. The van der Waals surface area contributed by atoms with Crippen molar-refractivity contribution in [3.8, 4) is 12.3 Å². The van der Waals surface area contributed by atoms with E-state index in [1.807, 2.05) is 0 Å². The molecule has 1 aromatic rings. The molecule has 0 radical (unpaired) electrons. The Balaban J connectivity index is 3.10. The fraction of sp³-hybridized carbons (Fsp3) is 0.286. The van der Waals surface area contributed by atoms with Crippen molar-refractivity contribution in [2.75, 3.05) is 13.6 Å². The summed E-state index contributed by atoms with van der Waals surface area (Å²) in [7, 11) is -2.49. The van der Waals surface area contributed by atoms with Crippen molar-refractivity contribution < 1.29 is 23.1 Å². The lowest BCUT2D eigenvalue weighted by Crippen LogP contribution is -2.40. The summed E-state index contributed by atoms with van der Waals surface area (Å²) in [5, 5.41) is 8.91. The smallest absolute Gasteiger partial charge is 0.326 e. The van der Waals surface area contributed by atoms with Gasteiger partial charge >= 0.3 is 5.97 Å². The number of nitrogens with zero attached hydrogens (tertiary/aromatic N) is 1. The number of sulfonamides is 1. The molecule has 2 N–H and O–H groups in total. The molecule has 0 heterocycles. The van der Waals surface area contributed by atoms with Crippen molar-refractivity contribution in [1.82, 2.24) is 9.62 Å². The van der Waals surface area contributed by atoms with Crippen LogP contribution in [0.3, 0.4) is 0 Å². The normalized spacial score (nSPS) is 12.2. The topological polar surface area (TPSA) is 104 Å². The lowest BCUT2D eigenvalue weighted by molar-refractivity contribution is -0.141. The maximum atomic E-state index is 12.2. The van der Waals surface area contributed by atoms with Gasteiger partial charge in [0.05, 0.1) is 11.4 Å². The molecule has 0 saturated carbocycles. The minimum Gasteiger partial charge on any atom is -0.480 e. The maximum Gasteiger partial charge on any atom is 0.326 e. The molecule has 1 atom stereocenters. The molecule has 118 valence electrons. The van der Waals surface area contributed by atoms with Crippen LogP contribution in [0.25, 0.3) is 0 Å². The summed E-state index contributed by atoms with van der Waals surface area (Å²) in [6.07, 6.45) is 5.00. The predicted octanol–water partition coefficient (Wildman–Crippen LogP) is 0.143. The third-order valence-electron chi connectivity index (χ3n) is 3.01. The fourth-order valence-corrected chi connectivity index (χ4v) is 2.54. The minimum atomic E-state index is -3.82. The molecule has 1 rings (SSSR count). The molecule has 8 heteroatoms. The molecule has 7 nitrogen and oxygen atoms in total. The van der Waals surface area contributed by atoms with E-state index in [1.54, 1.807) is 0 Å². The molecule has 0 aliphatic rings. The van der Waals surface area contributed by atoms with Gasteiger partial charge in [-0.15, -0.1) is 6.42 Å². The molecular formula is C14H16N2O5S. The summed E-state index contributed by atoms with van der Waals surface area (Å²) in [5.74, 6) is 0.395. The predicted molar refractivity (Wildman–Crippen MR) is 79.7 cm³/mol. The summed E-state index contributed by atoms with van der Waals surface area (Å²) in [4.78, 5) is 24.0. The van der Waals surface area contributed by atoms with E-state index < -0.39 is 27.9 Å². The van der Waals surface area contributed by atoms with E-state index in [1.165, 1.54) is 38.2 Å². The summed E-state index contributed by atoms with van der Waals surface area (Å²) in [5.41, 5.74) is 0.0687. The first-order chi connectivity index (χ1) is 10.2. The summed E-state index contributed by atoms with van der Waals surface area (Å²) >= 11 is 0. The van der Waals surface area contributed by atoms with Crippen molar-refractivity contribution in [1.29, 1.82) is 0 Å². The van der Waals surface area contributed by atoms with Crippen LogP contribution in [0.2, 0.25) is 0 Å². The van der Waals surface area contributed by atoms with Gasteiger partial charge in [-0.25, -0.2) is 13.2 Å². The second-order valence-corrected chi connectivity index (χ2v) is 6.25. The van der Waals surface area contributed by atoms with Crippen molar-refractivity contribution in [3.63, 3.8) is 0 Å². The lowest BCUT2D eigenvalue weighted by Gasteiger charge is -2.21. The van der Waals surface area contributed by atoms with Gasteiger partial charge in [0.2, 0.25) is 10.0 Å². The number of hydrogen-bond donors (Lipinski definition) is 2. The van der Waals surface area contributed by atoms with Gasteiger partial charge in [0.15, 0.2) is 0 Å². The number of amides is 1. The Bertz CT molecular complexity index is 721. The second kappa shape index (κ2) is 7.06. The van der Waals surface area contributed by atoms with Gasteiger partial charge in [-0.1, -0.05) is 12.0 Å². The van der Waals surface area contributed by atoms with E-state index in [4.69, 9.17) is 11.5 Å². The largest absolute Gasteiger partial charge is 0.480 e. The van der Waals surface area contributed by atoms with Gasteiger partial charge in [-0.05, 0) is 25.1 Å². The molecule has 0 fully saturated rings. The number of carboxylic acid groups (broad SMARTS) is 1. The van der Waals surface area contributed by atoms with Crippen LogP contribution in [0, 0.1) is 12.3 Å². The Morgan fingerprint density at radius 2 is 2.09 bits per heavy atom. The number of hydrogen-bond acceptors (Lipinski definition) is 4. The van der Waals surface area contributed by atoms with E-state index >= 15 is 0 Å². The van der Waals surface area contributed by atoms with Gasteiger partial charge in [0, 0.05) is 12.6 Å². The summed E-state index contributed by atoms with van der Waals surface area (Å²) < 4.78 is 26.1. The number of rotatable bonds is 6. The molecular weight excluding hydrogens is 308 g/mol. The third-order valence-corrected chi connectivity index (χ3v) is 4.41. The monoisotopic (exact) mass is 324 g/mol. The highest BCUT2D eigenvalue weighted by Gasteiger charge is 2.24. The highest BCUT2D eigenvalue weighted by molar-refractivity contribution is 7.89. The highest BCUT2D eigenvalue weighted by atomic mass is 32.2. The molecule has 1 unspecified atom stereocenters. The van der Waals surface area contributed by atoms with E-state index in [-0.39, 0.29) is 17.0 Å². The van der Waals surface area contributed by atoms with E-state index in [0.29, 0.717) is 0 Å². The van der Waals surface area contributed by atoms with E-state index in [9.17, 15) is 18.0 Å². The van der Waals surface area contributed by atoms with Crippen LogP contribution in [0.5, 0.6) is 0 Å². The fourth-order valence-electron chi connectivity index (χ4n) is 1.56.